The fourth-order valence-corrected chi connectivity index (χ4v) is 3.50. The molecule has 7 heteroatoms. The van der Waals surface area contributed by atoms with Gasteiger partial charge in [0.2, 0.25) is 0 Å². The molecule has 0 bridgehead atoms. The quantitative estimate of drug-likeness (QED) is 0.788. The summed E-state index contributed by atoms with van der Waals surface area (Å²) in [5.41, 5.74) is 2.07. The molecular formula is C14H14ClN5S. The number of pyridine rings is 1. The van der Waals surface area contributed by atoms with Crippen molar-refractivity contribution in [3.63, 3.8) is 0 Å². The first kappa shape index (κ1) is 13.1. The Balaban J connectivity index is 1.71. The van der Waals surface area contributed by atoms with Crippen LogP contribution in [-0.4, -0.2) is 40.8 Å². The van der Waals surface area contributed by atoms with Gasteiger partial charge in [0.15, 0.2) is 11.5 Å². The van der Waals surface area contributed by atoms with Crippen LogP contribution in [0.1, 0.15) is 0 Å². The van der Waals surface area contributed by atoms with Crippen LogP contribution in [0.15, 0.2) is 30.5 Å². The molecule has 3 aromatic heterocycles. The molecule has 5 nitrogen and oxygen atoms in total. The lowest BCUT2D eigenvalue weighted by Gasteiger charge is -2.29. The molecule has 0 radical (unpaired) electrons. The Hall–Kier alpha value is -1.63. The van der Waals surface area contributed by atoms with E-state index >= 15 is 0 Å². The number of halogens is 1. The van der Waals surface area contributed by atoms with Gasteiger partial charge in [-0.2, -0.15) is 0 Å². The zero-order valence-corrected chi connectivity index (χ0v) is 12.9. The van der Waals surface area contributed by atoms with Gasteiger partial charge in [-0.15, -0.1) is 16.4 Å². The number of fused-ring (bicyclic) bond motifs is 1. The molecule has 1 aliphatic heterocycles. The number of aromatic nitrogens is 3. The van der Waals surface area contributed by atoms with Gasteiger partial charge >= 0.3 is 0 Å². The van der Waals surface area contributed by atoms with E-state index in [4.69, 9.17) is 11.6 Å². The van der Waals surface area contributed by atoms with Crippen molar-refractivity contribution in [1.82, 2.24) is 19.9 Å². The Bertz CT molecular complexity index is 775. The predicted octanol–water partition coefficient (Wildman–Crippen LogP) is 2.52. The molecule has 4 rings (SSSR count). The zero-order valence-electron chi connectivity index (χ0n) is 11.3. The summed E-state index contributed by atoms with van der Waals surface area (Å²) in [5, 5.41) is 7.87. The molecular weight excluding hydrogens is 306 g/mol. The summed E-state index contributed by atoms with van der Waals surface area (Å²) in [6, 6.07) is 8.02. The minimum absolute atomic E-state index is 0.726. The van der Waals surface area contributed by atoms with Gasteiger partial charge in [-0.3, -0.25) is 0 Å². The van der Waals surface area contributed by atoms with E-state index in [2.05, 4.69) is 32.4 Å². The van der Waals surface area contributed by atoms with E-state index in [0.29, 0.717) is 0 Å². The largest absolute Gasteiger partial charge is 0.369 e. The summed E-state index contributed by atoms with van der Waals surface area (Å²) in [6.45, 7) is 4.10. The highest BCUT2D eigenvalue weighted by Crippen LogP contribution is 2.29. The normalized spacial score (nSPS) is 15.8. The van der Waals surface area contributed by atoms with Gasteiger partial charge in [-0.1, -0.05) is 11.6 Å². The Morgan fingerprint density at radius 1 is 1.19 bits per heavy atom. The Morgan fingerprint density at radius 2 is 2.05 bits per heavy atom. The van der Waals surface area contributed by atoms with Crippen molar-refractivity contribution in [3.05, 3.63) is 34.8 Å². The number of anilines is 1. The molecule has 0 saturated carbocycles. The first-order valence-electron chi connectivity index (χ1n) is 6.87. The molecule has 1 aliphatic rings. The fraction of sp³-hybridized carbons (Fsp3) is 0.286. The van der Waals surface area contributed by atoms with Gasteiger partial charge in [-0.25, -0.2) is 9.50 Å². The standard InChI is InChI=1S/C14H14ClN5S/c15-12-2-1-11(21-12)14-17-13-9-10(3-6-20(13)18-14)19-7-4-16-5-8-19/h1-3,6,9,16H,4-5,7-8H2. The van der Waals surface area contributed by atoms with Gasteiger partial charge in [0.25, 0.3) is 0 Å². The molecule has 0 atom stereocenters. The fourth-order valence-electron chi connectivity index (χ4n) is 2.53. The van der Waals surface area contributed by atoms with Crippen molar-refractivity contribution >= 4 is 34.3 Å². The van der Waals surface area contributed by atoms with Crippen molar-refractivity contribution < 1.29 is 0 Å². The van der Waals surface area contributed by atoms with Crippen molar-refractivity contribution in [2.24, 2.45) is 0 Å². The van der Waals surface area contributed by atoms with Gasteiger partial charge in [0, 0.05) is 44.1 Å². The maximum Gasteiger partial charge on any atom is 0.192 e. The second kappa shape index (κ2) is 5.29. The first-order chi connectivity index (χ1) is 10.3. The number of nitrogens with zero attached hydrogens (tertiary/aromatic N) is 4. The lowest BCUT2D eigenvalue weighted by atomic mass is 10.3. The number of hydrogen-bond donors (Lipinski definition) is 1. The van der Waals surface area contributed by atoms with Crippen molar-refractivity contribution in [3.8, 4) is 10.7 Å². The van der Waals surface area contributed by atoms with Crippen LogP contribution in [-0.2, 0) is 0 Å². The van der Waals surface area contributed by atoms with Crippen molar-refractivity contribution in [2.45, 2.75) is 0 Å². The molecule has 3 aromatic rings. The lowest BCUT2D eigenvalue weighted by molar-refractivity contribution is 0.589. The Labute approximate surface area is 131 Å². The summed E-state index contributed by atoms with van der Waals surface area (Å²) >= 11 is 7.48. The number of thiophene rings is 1. The molecule has 1 saturated heterocycles. The second-order valence-electron chi connectivity index (χ2n) is 4.96. The van der Waals surface area contributed by atoms with Crippen LogP contribution < -0.4 is 10.2 Å². The third-order valence-electron chi connectivity index (χ3n) is 3.60. The van der Waals surface area contributed by atoms with Crippen LogP contribution >= 0.6 is 22.9 Å². The van der Waals surface area contributed by atoms with E-state index in [1.54, 1.807) is 0 Å². The molecule has 1 N–H and O–H groups in total. The minimum atomic E-state index is 0.726. The van der Waals surface area contributed by atoms with Crippen LogP contribution in [0.5, 0.6) is 0 Å². The monoisotopic (exact) mass is 319 g/mol. The van der Waals surface area contributed by atoms with E-state index in [-0.39, 0.29) is 0 Å². The van der Waals surface area contributed by atoms with Crippen molar-refractivity contribution in [2.75, 3.05) is 31.1 Å². The smallest absolute Gasteiger partial charge is 0.192 e. The Kier molecular flexibility index (Phi) is 3.29. The number of nitrogens with one attached hydrogen (secondary N) is 1. The van der Waals surface area contributed by atoms with E-state index < -0.39 is 0 Å². The summed E-state index contributed by atoms with van der Waals surface area (Å²) in [6.07, 6.45) is 1.97. The predicted molar refractivity (Wildman–Crippen MR) is 86.4 cm³/mol. The number of hydrogen-bond acceptors (Lipinski definition) is 5. The molecule has 108 valence electrons. The van der Waals surface area contributed by atoms with E-state index in [9.17, 15) is 0 Å². The highest BCUT2D eigenvalue weighted by molar-refractivity contribution is 7.19. The second-order valence-corrected chi connectivity index (χ2v) is 6.68. The Morgan fingerprint density at radius 3 is 2.81 bits per heavy atom. The zero-order chi connectivity index (χ0) is 14.2. The van der Waals surface area contributed by atoms with Crippen LogP contribution in [0, 0.1) is 0 Å². The van der Waals surface area contributed by atoms with E-state index in [0.717, 1.165) is 46.9 Å². The highest BCUT2D eigenvalue weighted by Gasteiger charge is 2.13. The minimum Gasteiger partial charge on any atom is -0.369 e. The molecule has 0 aliphatic carbocycles. The third-order valence-corrected chi connectivity index (χ3v) is 4.82. The molecule has 0 unspecified atom stereocenters. The summed E-state index contributed by atoms with van der Waals surface area (Å²) in [5.74, 6) is 0.726. The van der Waals surface area contributed by atoms with Crippen molar-refractivity contribution in [1.29, 1.82) is 0 Å². The van der Waals surface area contributed by atoms with Crippen LogP contribution in [0.2, 0.25) is 4.34 Å². The summed E-state index contributed by atoms with van der Waals surface area (Å²) in [4.78, 5) is 7.97. The third kappa shape index (κ3) is 2.50. The maximum absolute atomic E-state index is 5.98. The summed E-state index contributed by atoms with van der Waals surface area (Å²) in [7, 11) is 0. The first-order valence-corrected chi connectivity index (χ1v) is 8.07. The highest BCUT2D eigenvalue weighted by atomic mass is 35.5. The maximum atomic E-state index is 5.98. The molecule has 21 heavy (non-hydrogen) atoms. The average Bonchev–Trinajstić information content (AvgIpc) is 3.13. The van der Waals surface area contributed by atoms with E-state index in [1.165, 1.54) is 17.0 Å². The van der Waals surface area contributed by atoms with Gasteiger partial charge in [0.05, 0.1) is 9.21 Å². The van der Waals surface area contributed by atoms with Gasteiger partial charge in [-0.05, 0) is 18.2 Å². The molecule has 4 heterocycles. The SMILES string of the molecule is Clc1ccc(-c2nc3cc(N4CCNCC4)ccn3n2)s1. The van der Waals surface area contributed by atoms with Gasteiger partial charge < -0.3 is 10.2 Å². The number of piperazine rings is 1. The summed E-state index contributed by atoms with van der Waals surface area (Å²) < 4.78 is 2.57. The molecule has 0 spiro atoms. The van der Waals surface area contributed by atoms with Crippen LogP contribution in [0.4, 0.5) is 5.69 Å². The average molecular weight is 320 g/mol. The number of rotatable bonds is 2. The van der Waals surface area contributed by atoms with E-state index in [1.807, 2.05) is 22.8 Å². The van der Waals surface area contributed by atoms with Crippen LogP contribution in [0.25, 0.3) is 16.3 Å². The van der Waals surface area contributed by atoms with Gasteiger partial charge in [0.1, 0.15) is 0 Å². The topological polar surface area (TPSA) is 45.5 Å². The lowest BCUT2D eigenvalue weighted by Crippen LogP contribution is -2.43. The molecule has 0 aromatic carbocycles. The molecule has 0 amide bonds. The van der Waals surface area contributed by atoms with Crippen LogP contribution in [0.3, 0.4) is 0 Å². The molecule has 1 fully saturated rings.